The molecule has 0 saturated heterocycles. The van der Waals surface area contributed by atoms with Crippen LogP contribution in [-0.4, -0.2) is 23.3 Å². The number of pyridine rings is 1. The zero-order valence-electron chi connectivity index (χ0n) is 23.5. The van der Waals surface area contributed by atoms with Gasteiger partial charge >= 0.3 is 15.6 Å². The van der Waals surface area contributed by atoms with Crippen LogP contribution in [0.1, 0.15) is 0 Å². The van der Waals surface area contributed by atoms with Crippen LogP contribution in [0.2, 0.25) is 0 Å². The molecule has 3 aromatic heterocycles. The third-order valence-corrected chi connectivity index (χ3v) is 10.7. The number of halogens is 3. The molecule has 0 N–H and O–H groups in total. The number of nitrogens with zero attached hydrogens (tertiary/aromatic N) is 2. The lowest BCUT2D eigenvalue weighted by molar-refractivity contribution is -0.0500. The maximum absolute atomic E-state index is 12.9. The van der Waals surface area contributed by atoms with Crippen molar-refractivity contribution >= 4 is 90.6 Å². The van der Waals surface area contributed by atoms with E-state index in [0.717, 1.165) is 53.9 Å². The van der Waals surface area contributed by atoms with Crippen molar-refractivity contribution < 1.29 is 25.8 Å². The van der Waals surface area contributed by atoms with E-state index in [4.69, 9.17) is 4.98 Å². The van der Waals surface area contributed by atoms with Crippen LogP contribution >= 0.6 is 11.3 Å². The molecule has 10 heteroatoms. The number of benzene rings is 6. The zero-order chi connectivity index (χ0) is 31.4. The van der Waals surface area contributed by atoms with Crippen molar-refractivity contribution in [1.29, 1.82) is 0 Å². The summed E-state index contributed by atoms with van der Waals surface area (Å²) in [5.41, 5.74) is -1.34. The Kier molecular flexibility index (Phi) is 5.56. The fraction of sp³-hybridized carbons (Fsp3) is 0.0278. The van der Waals surface area contributed by atoms with Gasteiger partial charge in [0.05, 0.1) is 15.7 Å². The summed E-state index contributed by atoms with van der Waals surface area (Å²) in [4.78, 5) is 5.12. The van der Waals surface area contributed by atoms with Crippen LogP contribution < -0.4 is 4.18 Å². The van der Waals surface area contributed by atoms with E-state index in [1.54, 1.807) is 23.5 Å². The number of fused-ring (bicyclic) bond motifs is 11. The molecule has 3 heterocycles. The number of thiophene rings is 1. The lowest BCUT2D eigenvalue weighted by atomic mass is 9.92. The number of alkyl halides is 3. The summed E-state index contributed by atoms with van der Waals surface area (Å²) in [7, 11) is -5.78. The molecule has 0 aliphatic carbocycles. The summed E-state index contributed by atoms with van der Waals surface area (Å²) < 4.78 is 70.6. The molecule has 0 saturated carbocycles. The van der Waals surface area contributed by atoms with Crippen molar-refractivity contribution in [1.82, 2.24) is 9.38 Å². The van der Waals surface area contributed by atoms with Crippen molar-refractivity contribution in [3.63, 3.8) is 0 Å². The average molecular weight is 649 g/mol. The topological polar surface area (TPSA) is 60.7 Å². The van der Waals surface area contributed by atoms with E-state index < -0.39 is 21.4 Å². The first-order valence-electron chi connectivity index (χ1n) is 14.3. The molecule has 0 atom stereocenters. The first-order chi connectivity index (χ1) is 22.2. The van der Waals surface area contributed by atoms with E-state index in [0.29, 0.717) is 5.56 Å². The maximum atomic E-state index is 12.9. The van der Waals surface area contributed by atoms with E-state index in [2.05, 4.69) is 69.4 Å². The van der Waals surface area contributed by atoms with Gasteiger partial charge in [-0.25, -0.2) is 4.98 Å². The predicted molar refractivity (Wildman–Crippen MR) is 179 cm³/mol. The second kappa shape index (κ2) is 9.41. The van der Waals surface area contributed by atoms with Crippen molar-refractivity contribution in [2.24, 2.45) is 0 Å². The number of hydrogen-bond donors (Lipinski definition) is 0. The van der Waals surface area contributed by atoms with Gasteiger partial charge in [0.1, 0.15) is 5.75 Å². The summed E-state index contributed by atoms with van der Waals surface area (Å²) in [5.74, 6) is -0.421. The smallest absolute Gasteiger partial charge is 0.376 e. The molecule has 0 bridgehead atoms. The molecule has 9 rings (SSSR count). The molecular weight excluding hydrogens is 630 g/mol. The highest BCUT2D eigenvalue weighted by molar-refractivity contribution is 7.88. The van der Waals surface area contributed by atoms with Crippen LogP contribution in [0.3, 0.4) is 0 Å². The third-order valence-electron chi connectivity index (χ3n) is 8.51. The van der Waals surface area contributed by atoms with Crippen molar-refractivity contribution in [3.05, 3.63) is 115 Å². The van der Waals surface area contributed by atoms with Gasteiger partial charge in [-0.3, -0.25) is 4.40 Å². The van der Waals surface area contributed by atoms with Crippen LogP contribution in [0.25, 0.3) is 80.3 Å². The minimum Gasteiger partial charge on any atom is -0.376 e. The Morgan fingerprint density at radius 2 is 1.46 bits per heavy atom. The van der Waals surface area contributed by atoms with Crippen molar-refractivity contribution in [2.75, 3.05) is 0 Å². The molecule has 5 nitrogen and oxygen atoms in total. The van der Waals surface area contributed by atoms with Gasteiger partial charge < -0.3 is 4.18 Å². The molecule has 224 valence electrons. The second-order valence-electron chi connectivity index (χ2n) is 11.2. The summed E-state index contributed by atoms with van der Waals surface area (Å²) in [6.07, 6.45) is 2.06. The first kappa shape index (κ1) is 27.1. The van der Waals surface area contributed by atoms with Gasteiger partial charge in [0.2, 0.25) is 0 Å². The molecule has 0 aliphatic heterocycles. The number of hydrogen-bond acceptors (Lipinski definition) is 5. The SMILES string of the molecule is O=S(=O)(Oc1ccc(-c2c3ccccc3cc3cc4nc5c6sc7ccc8ccccc8c7c6ccn5c4cc23)cc1)C(F)(F)F. The van der Waals surface area contributed by atoms with Crippen molar-refractivity contribution in [2.45, 2.75) is 5.51 Å². The van der Waals surface area contributed by atoms with E-state index in [1.807, 2.05) is 30.3 Å². The summed E-state index contributed by atoms with van der Waals surface area (Å²) in [6, 6.07) is 34.6. The average Bonchev–Trinajstić information content (AvgIpc) is 3.61. The monoisotopic (exact) mass is 648 g/mol. The highest BCUT2D eigenvalue weighted by Crippen LogP contribution is 2.43. The molecule has 0 aliphatic rings. The van der Waals surface area contributed by atoms with Crippen LogP contribution in [-0.2, 0) is 10.1 Å². The molecule has 46 heavy (non-hydrogen) atoms. The highest BCUT2D eigenvalue weighted by Gasteiger charge is 2.48. The Hall–Kier alpha value is -5.19. The molecule has 6 aromatic carbocycles. The lowest BCUT2D eigenvalue weighted by Crippen LogP contribution is -2.28. The minimum absolute atomic E-state index is 0.421. The molecule has 0 amide bonds. The van der Waals surface area contributed by atoms with E-state index in [1.165, 1.54) is 33.0 Å². The van der Waals surface area contributed by atoms with Crippen LogP contribution in [0, 0.1) is 0 Å². The van der Waals surface area contributed by atoms with Gasteiger partial charge in [-0.1, -0.05) is 66.7 Å². The molecule has 9 aromatic rings. The van der Waals surface area contributed by atoms with Gasteiger partial charge in [-0.2, -0.15) is 21.6 Å². The second-order valence-corrected chi connectivity index (χ2v) is 13.8. The predicted octanol–water partition coefficient (Wildman–Crippen LogP) is 10.2. The fourth-order valence-electron chi connectivity index (χ4n) is 6.50. The Balaban J connectivity index is 1.28. The standard InChI is InChI=1S/C36H19F3N2O3S2/c37-36(38,39)46(42,43)44-24-12-9-21(10-13-24)32-26-8-4-2-6-22(26)17-23-18-29-30(19-28(23)32)41-16-15-27-33-25-7-3-1-5-20(25)11-14-31(33)45-34(27)35(41)40-29/h1-19H. The van der Waals surface area contributed by atoms with E-state index >= 15 is 0 Å². The zero-order valence-corrected chi connectivity index (χ0v) is 25.2. The van der Waals surface area contributed by atoms with Crippen molar-refractivity contribution in [3.8, 4) is 16.9 Å². The summed E-state index contributed by atoms with van der Waals surface area (Å²) in [6.45, 7) is 0. The maximum Gasteiger partial charge on any atom is 0.534 e. The van der Waals surface area contributed by atoms with Crippen LogP contribution in [0.5, 0.6) is 5.75 Å². The quantitative estimate of drug-likeness (QED) is 0.109. The first-order valence-corrected chi connectivity index (χ1v) is 16.5. The number of imidazole rings is 1. The molecule has 0 unspecified atom stereocenters. The Morgan fingerprint density at radius 3 is 2.24 bits per heavy atom. The van der Waals surface area contributed by atoms with E-state index in [9.17, 15) is 21.6 Å². The highest BCUT2D eigenvalue weighted by atomic mass is 32.2. The largest absolute Gasteiger partial charge is 0.534 e. The van der Waals surface area contributed by atoms with Gasteiger partial charge in [0, 0.05) is 21.7 Å². The number of aromatic nitrogens is 2. The van der Waals surface area contributed by atoms with Gasteiger partial charge in [-0.05, 0) is 85.9 Å². The molecular formula is C36H19F3N2O3S2. The fourth-order valence-corrected chi connectivity index (χ4v) is 8.15. The Morgan fingerprint density at radius 1 is 0.717 bits per heavy atom. The van der Waals surface area contributed by atoms with Crippen LogP contribution in [0.4, 0.5) is 13.2 Å². The van der Waals surface area contributed by atoms with Gasteiger partial charge in [0.15, 0.2) is 5.65 Å². The Labute approximate surface area is 262 Å². The summed E-state index contributed by atoms with van der Waals surface area (Å²) >= 11 is 1.73. The normalized spacial score (nSPS) is 12.8. The molecule has 0 fully saturated rings. The van der Waals surface area contributed by atoms with Gasteiger partial charge in [0.25, 0.3) is 0 Å². The lowest BCUT2D eigenvalue weighted by Gasteiger charge is -2.14. The minimum atomic E-state index is -5.78. The Bertz CT molecular complexity index is 2840. The summed E-state index contributed by atoms with van der Waals surface area (Å²) in [5, 5.41) is 8.57. The molecule has 0 radical (unpaired) electrons. The van der Waals surface area contributed by atoms with Crippen LogP contribution in [0.15, 0.2) is 115 Å². The molecule has 0 spiro atoms. The van der Waals surface area contributed by atoms with Gasteiger partial charge in [-0.15, -0.1) is 11.3 Å². The third kappa shape index (κ3) is 3.93. The van der Waals surface area contributed by atoms with E-state index in [-0.39, 0.29) is 0 Å². The number of rotatable bonds is 3.